The molecule has 0 radical (unpaired) electrons. The first kappa shape index (κ1) is 11.9. The molecule has 0 atom stereocenters. The SMILES string of the molecule is c1ccc2c(=Nc3ccncc3)c3ccccc3oc2c1. The summed E-state index contributed by atoms with van der Waals surface area (Å²) in [5, 5.41) is 2.94. The van der Waals surface area contributed by atoms with E-state index in [4.69, 9.17) is 9.41 Å². The molecule has 0 fully saturated rings. The van der Waals surface area contributed by atoms with Crippen molar-refractivity contribution in [3.8, 4) is 0 Å². The first-order chi connectivity index (χ1) is 10.4. The van der Waals surface area contributed by atoms with E-state index in [0.29, 0.717) is 0 Å². The Labute approximate surface area is 121 Å². The number of hydrogen-bond acceptors (Lipinski definition) is 3. The maximum absolute atomic E-state index is 5.95. The smallest absolute Gasteiger partial charge is 0.136 e. The second-order valence-corrected chi connectivity index (χ2v) is 4.76. The Bertz CT molecular complexity index is 931. The summed E-state index contributed by atoms with van der Waals surface area (Å²) in [4.78, 5) is 8.83. The van der Waals surface area contributed by atoms with Crippen LogP contribution >= 0.6 is 0 Å². The van der Waals surface area contributed by atoms with Crippen molar-refractivity contribution in [2.45, 2.75) is 0 Å². The van der Waals surface area contributed by atoms with Gasteiger partial charge in [0.05, 0.1) is 11.0 Å². The second-order valence-electron chi connectivity index (χ2n) is 4.76. The van der Waals surface area contributed by atoms with Gasteiger partial charge in [0.25, 0.3) is 0 Å². The molecule has 0 N–H and O–H groups in total. The lowest BCUT2D eigenvalue weighted by Gasteiger charge is -2.03. The number of aromatic nitrogens is 1. The molecule has 3 heteroatoms. The fourth-order valence-corrected chi connectivity index (χ4v) is 2.43. The third kappa shape index (κ3) is 2.09. The minimum absolute atomic E-state index is 0.837. The molecule has 100 valence electrons. The third-order valence-corrected chi connectivity index (χ3v) is 3.41. The zero-order valence-corrected chi connectivity index (χ0v) is 11.2. The summed E-state index contributed by atoms with van der Waals surface area (Å²) >= 11 is 0. The number of hydrogen-bond donors (Lipinski definition) is 0. The van der Waals surface area contributed by atoms with Crippen LogP contribution in [-0.2, 0) is 0 Å². The lowest BCUT2D eigenvalue weighted by Crippen LogP contribution is -2.04. The van der Waals surface area contributed by atoms with Gasteiger partial charge in [-0.3, -0.25) is 4.98 Å². The molecule has 0 aliphatic heterocycles. The zero-order chi connectivity index (χ0) is 14.1. The molecule has 4 aromatic rings. The van der Waals surface area contributed by atoms with Gasteiger partial charge in [-0.25, -0.2) is 4.99 Å². The summed E-state index contributed by atoms with van der Waals surface area (Å²) < 4.78 is 5.95. The highest BCUT2D eigenvalue weighted by molar-refractivity contribution is 5.89. The van der Waals surface area contributed by atoms with Gasteiger partial charge in [0.2, 0.25) is 0 Å². The van der Waals surface area contributed by atoms with E-state index in [1.807, 2.05) is 60.7 Å². The van der Waals surface area contributed by atoms with E-state index in [1.165, 1.54) is 0 Å². The summed E-state index contributed by atoms with van der Waals surface area (Å²) in [6.07, 6.45) is 3.49. The number of pyridine rings is 1. The zero-order valence-electron chi connectivity index (χ0n) is 11.2. The molecule has 0 amide bonds. The average molecular weight is 272 g/mol. The number of para-hydroxylation sites is 2. The van der Waals surface area contributed by atoms with E-state index < -0.39 is 0 Å². The Balaban J connectivity index is 2.20. The summed E-state index contributed by atoms with van der Waals surface area (Å²) in [6.45, 7) is 0. The van der Waals surface area contributed by atoms with Crippen molar-refractivity contribution in [2.75, 3.05) is 0 Å². The van der Waals surface area contributed by atoms with E-state index in [9.17, 15) is 0 Å². The number of nitrogens with zero attached hydrogens (tertiary/aromatic N) is 2. The highest BCUT2D eigenvalue weighted by Gasteiger charge is 2.04. The fourth-order valence-electron chi connectivity index (χ4n) is 2.43. The van der Waals surface area contributed by atoms with Crippen LogP contribution in [0.1, 0.15) is 0 Å². The third-order valence-electron chi connectivity index (χ3n) is 3.41. The van der Waals surface area contributed by atoms with Crippen molar-refractivity contribution < 1.29 is 4.42 Å². The molecule has 2 aromatic carbocycles. The molecule has 4 rings (SSSR count). The van der Waals surface area contributed by atoms with Gasteiger partial charge in [0.15, 0.2) is 0 Å². The lowest BCUT2D eigenvalue weighted by molar-refractivity contribution is 0.659. The Morgan fingerprint density at radius 3 is 1.90 bits per heavy atom. The second kappa shape index (κ2) is 4.87. The molecule has 0 aliphatic rings. The number of rotatable bonds is 1. The monoisotopic (exact) mass is 272 g/mol. The van der Waals surface area contributed by atoms with Gasteiger partial charge in [0, 0.05) is 23.2 Å². The molecule has 2 aromatic heterocycles. The molecule has 0 saturated heterocycles. The molecule has 0 saturated carbocycles. The van der Waals surface area contributed by atoms with Gasteiger partial charge in [-0.2, -0.15) is 0 Å². The van der Waals surface area contributed by atoms with Crippen LogP contribution in [0.25, 0.3) is 21.9 Å². The van der Waals surface area contributed by atoms with Crippen LogP contribution in [0.2, 0.25) is 0 Å². The van der Waals surface area contributed by atoms with Gasteiger partial charge in [-0.1, -0.05) is 24.3 Å². The molecular weight excluding hydrogens is 260 g/mol. The topological polar surface area (TPSA) is 38.4 Å². The van der Waals surface area contributed by atoms with Crippen molar-refractivity contribution in [1.82, 2.24) is 4.98 Å². The Hall–Kier alpha value is -2.94. The van der Waals surface area contributed by atoms with Crippen LogP contribution < -0.4 is 5.36 Å². The van der Waals surface area contributed by atoms with E-state index in [-0.39, 0.29) is 0 Å². The maximum Gasteiger partial charge on any atom is 0.136 e. The Morgan fingerprint density at radius 1 is 0.714 bits per heavy atom. The van der Waals surface area contributed by atoms with Crippen molar-refractivity contribution in [3.63, 3.8) is 0 Å². The van der Waals surface area contributed by atoms with Crippen LogP contribution in [0.4, 0.5) is 5.69 Å². The van der Waals surface area contributed by atoms with E-state index in [0.717, 1.165) is 33.0 Å². The maximum atomic E-state index is 5.95. The van der Waals surface area contributed by atoms with Crippen LogP contribution in [0, 0.1) is 0 Å². The first-order valence-electron chi connectivity index (χ1n) is 6.77. The summed E-state index contributed by atoms with van der Waals surface area (Å²) in [5.74, 6) is 0. The van der Waals surface area contributed by atoms with Crippen molar-refractivity contribution in [1.29, 1.82) is 0 Å². The molecular formula is C18H12N2O. The van der Waals surface area contributed by atoms with Crippen molar-refractivity contribution in [3.05, 3.63) is 78.4 Å². The molecule has 0 spiro atoms. The molecule has 0 unspecified atom stereocenters. The van der Waals surface area contributed by atoms with Crippen molar-refractivity contribution >= 4 is 27.6 Å². The van der Waals surface area contributed by atoms with E-state index >= 15 is 0 Å². The summed E-state index contributed by atoms with van der Waals surface area (Å²) in [6, 6.07) is 19.7. The quantitative estimate of drug-likeness (QED) is 0.487. The molecule has 21 heavy (non-hydrogen) atoms. The van der Waals surface area contributed by atoms with Gasteiger partial charge < -0.3 is 4.42 Å². The highest BCUT2D eigenvalue weighted by Crippen LogP contribution is 2.19. The Kier molecular flexibility index (Phi) is 2.75. The van der Waals surface area contributed by atoms with Crippen LogP contribution in [0.15, 0.2) is 82.5 Å². The number of benzene rings is 2. The molecule has 2 heterocycles. The number of fused-ring (bicyclic) bond motifs is 2. The first-order valence-corrected chi connectivity index (χ1v) is 6.77. The average Bonchev–Trinajstić information content (AvgIpc) is 2.55. The van der Waals surface area contributed by atoms with Gasteiger partial charge in [-0.05, 0) is 36.4 Å². The molecule has 0 aliphatic carbocycles. The van der Waals surface area contributed by atoms with Crippen LogP contribution in [0.3, 0.4) is 0 Å². The largest absolute Gasteiger partial charge is 0.456 e. The summed E-state index contributed by atoms with van der Waals surface area (Å²) in [7, 11) is 0. The van der Waals surface area contributed by atoms with E-state index in [1.54, 1.807) is 12.4 Å². The van der Waals surface area contributed by atoms with Gasteiger partial charge in [0.1, 0.15) is 11.2 Å². The minimum atomic E-state index is 0.837. The highest BCUT2D eigenvalue weighted by atomic mass is 16.3. The Morgan fingerprint density at radius 2 is 1.29 bits per heavy atom. The fraction of sp³-hybridized carbons (Fsp3) is 0. The van der Waals surface area contributed by atoms with Gasteiger partial charge >= 0.3 is 0 Å². The van der Waals surface area contributed by atoms with Crippen LogP contribution in [0.5, 0.6) is 0 Å². The van der Waals surface area contributed by atoms with E-state index in [2.05, 4.69) is 4.98 Å². The predicted molar refractivity (Wildman–Crippen MR) is 83.2 cm³/mol. The summed E-state index contributed by atoms with van der Waals surface area (Å²) in [5.41, 5.74) is 2.56. The molecule has 0 bridgehead atoms. The lowest BCUT2D eigenvalue weighted by atomic mass is 10.1. The standard InChI is InChI=1S/C18H12N2O/c1-3-7-16-14(5-1)18(20-13-9-11-19-12-10-13)15-6-2-4-8-17(15)21-16/h1-12H. The predicted octanol–water partition coefficient (Wildman–Crippen LogP) is 4.21. The normalized spacial score (nSPS) is 10.9. The van der Waals surface area contributed by atoms with Gasteiger partial charge in [-0.15, -0.1) is 0 Å². The van der Waals surface area contributed by atoms with Crippen molar-refractivity contribution in [2.24, 2.45) is 4.99 Å². The van der Waals surface area contributed by atoms with Crippen LogP contribution in [-0.4, -0.2) is 4.98 Å². The molecule has 3 nitrogen and oxygen atoms in total. The minimum Gasteiger partial charge on any atom is -0.456 e.